The van der Waals surface area contributed by atoms with E-state index in [-0.39, 0.29) is 5.41 Å². The fraction of sp³-hybridized carbons (Fsp3) is 0.120. The molecule has 0 saturated heterocycles. The molecule has 0 saturated carbocycles. The molecular weight excluding hydrogens is 629 g/mol. The first kappa shape index (κ1) is 31.8. The molecule has 0 radical (unpaired) electrons. The van der Waals surface area contributed by atoms with Crippen molar-refractivity contribution in [3.63, 3.8) is 0 Å². The van der Waals surface area contributed by atoms with Gasteiger partial charge in [0.2, 0.25) is 0 Å². The number of aromatic nitrogens is 1. The van der Waals surface area contributed by atoms with Crippen LogP contribution in [0.3, 0.4) is 0 Å². The first-order chi connectivity index (χ1) is 25.4. The van der Waals surface area contributed by atoms with Gasteiger partial charge in [-0.3, -0.25) is 0 Å². The van der Waals surface area contributed by atoms with E-state index in [0.717, 1.165) is 17.8 Å². The quantitative estimate of drug-likeness (QED) is 0.171. The van der Waals surface area contributed by atoms with E-state index in [0.29, 0.717) is 0 Å². The number of hydrogen-bond acceptors (Lipinski definition) is 1. The number of nitrogens with zero attached hydrogens (tertiary/aromatic N) is 2. The molecule has 52 heavy (non-hydrogen) atoms. The van der Waals surface area contributed by atoms with Crippen molar-refractivity contribution in [3.05, 3.63) is 186 Å². The van der Waals surface area contributed by atoms with Gasteiger partial charge in [0.05, 0.1) is 11.0 Å². The summed E-state index contributed by atoms with van der Waals surface area (Å²) in [5, 5.41) is 2.57. The third-order valence-electron chi connectivity index (χ3n) is 11.2. The van der Waals surface area contributed by atoms with Gasteiger partial charge >= 0.3 is 0 Å². The van der Waals surface area contributed by atoms with Crippen LogP contribution in [0.5, 0.6) is 0 Å². The first-order valence-corrected chi connectivity index (χ1v) is 18.4. The molecule has 2 aliphatic carbocycles. The van der Waals surface area contributed by atoms with Gasteiger partial charge in [0.1, 0.15) is 0 Å². The van der Waals surface area contributed by atoms with Gasteiger partial charge in [0.25, 0.3) is 0 Å². The topological polar surface area (TPSA) is 8.17 Å². The minimum absolute atomic E-state index is 0.0425. The molecule has 2 heteroatoms. The molecule has 0 fully saturated rings. The molecule has 6 aromatic carbocycles. The molecule has 1 heterocycles. The van der Waals surface area contributed by atoms with Gasteiger partial charge in [-0.1, -0.05) is 123 Å². The van der Waals surface area contributed by atoms with Gasteiger partial charge in [-0.25, -0.2) is 0 Å². The molecule has 0 N–H and O–H groups in total. The maximum Gasteiger partial charge on any atom is 0.0547 e. The zero-order chi connectivity index (χ0) is 35.4. The normalized spacial score (nSPS) is 14.7. The van der Waals surface area contributed by atoms with Crippen molar-refractivity contribution in [2.45, 2.75) is 39.5 Å². The van der Waals surface area contributed by atoms with E-state index in [9.17, 15) is 0 Å². The van der Waals surface area contributed by atoms with Crippen LogP contribution in [0.4, 0.5) is 17.1 Å². The minimum atomic E-state index is -0.0425. The highest BCUT2D eigenvalue weighted by Gasteiger charge is 2.35. The Morgan fingerprint density at radius 1 is 0.654 bits per heavy atom. The molecular formula is C50H42N2. The molecule has 0 aliphatic heterocycles. The van der Waals surface area contributed by atoms with Gasteiger partial charge in [0.15, 0.2) is 0 Å². The number of rotatable bonds is 6. The van der Waals surface area contributed by atoms with Crippen LogP contribution in [-0.2, 0) is 5.41 Å². The SMILES string of the molecule is C/C=C\C1=C(C)C(C)(C)c2cc(N(c3ccccc3)c3ccc(-c4ccc5c(c4)c4c6c(ccc4n5-c4ccccc4)C=CCC=C6)cc3)ccc21. The average molecular weight is 671 g/mol. The fourth-order valence-corrected chi connectivity index (χ4v) is 8.35. The van der Waals surface area contributed by atoms with Crippen LogP contribution in [0.25, 0.3) is 56.3 Å². The van der Waals surface area contributed by atoms with Gasteiger partial charge in [-0.05, 0) is 126 Å². The van der Waals surface area contributed by atoms with Gasteiger partial charge in [-0.2, -0.15) is 0 Å². The highest BCUT2D eigenvalue weighted by atomic mass is 15.1. The Bertz CT molecular complexity index is 2610. The summed E-state index contributed by atoms with van der Waals surface area (Å²) in [5.74, 6) is 0. The lowest BCUT2D eigenvalue weighted by Crippen LogP contribution is -2.17. The Labute approximate surface area is 307 Å². The molecule has 1 aromatic heterocycles. The van der Waals surface area contributed by atoms with Crippen LogP contribution in [0.2, 0.25) is 0 Å². The number of benzene rings is 6. The van der Waals surface area contributed by atoms with Crippen molar-refractivity contribution in [2.75, 3.05) is 4.90 Å². The third kappa shape index (κ3) is 5.09. The van der Waals surface area contributed by atoms with E-state index in [1.165, 1.54) is 77.7 Å². The lowest BCUT2D eigenvalue weighted by Gasteiger charge is -2.28. The lowest BCUT2D eigenvalue weighted by molar-refractivity contribution is 0.639. The maximum absolute atomic E-state index is 2.41. The van der Waals surface area contributed by atoms with E-state index >= 15 is 0 Å². The van der Waals surface area contributed by atoms with Crippen molar-refractivity contribution in [3.8, 4) is 16.8 Å². The highest BCUT2D eigenvalue weighted by Crippen LogP contribution is 2.49. The van der Waals surface area contributed by atoms with Crippen molar-refractivity contribution in [1.82, 2.24) is 4.57 Å². The predicted octanol–water partition coefficient (Wildman–Crippen LogP) is 14.0. The Balaban J connectivity index is 1.16. The van der Waals surface area contributed by atoms with Gasteiger partial charge in [-0.15, -0.1) is 0 Å². The Morgan fingerprint density at radius 2 is 1.33 bits per heavy atom. The molecule has 0 amide bonds. The van der Waals surface area contributed by atoms with E-state index < -0.39 is 0 Å². The summed E-state index contributed by atoms with van der Waals surface area (Å²) in [6.07, 6.45) is 14.5. The Kier molecular flexibility index (Phi) is 7.70. The van der Waals surface area contributed by atoms with Crippen LogP contribution in [0.1, 0.15) is 56.4 Å². The van der Waals surface area contributed by atoms with Crippen LogP contribution in [0, 0.1) is 0 Å². The number of fused-ring (bicyclic) bond motifs is 6. The van der Waals surface area contributed by atoms with E-state index in [2.05, 4.69) is 207 Å². The molecule has 0 unspecified atom stereocenters. The van der Waals surface area contributed by atoms with Crippen LogP contribution >= 0.6 is 0 Å². The van der Waals surface area contributed by atoms with Crippen LogP contribution in [-0.4, -0.2) is 4.57 Å². The Morgan fingerprint density at radius 3 is 2.10 bits per heavy atom. The summed E-state index contributed by atoms with van der Waals surface area (Å²) < 4.78 is 2.41. The smallest absolute Gasteiger partial charge is 0.0547 e. The summed E-state index contributed by atoms with van der Waals surface area (Å²) in [7, 11) is 0. The molecule has 0 bridgehead atoms. The van der Waals surface area contributed by atoms with Gasteiger partial charge in [0, 0.05) is 38.9 Å². The summed E-state index contributed by atoms with van der Waals surface area (Å²) in [5.41, 5.74) is 17.4. The molecule has 7 aromatic rings. The standard InChI is InChI=1S/C50H42N2/c1-5-15-42-34(2)50(3,4)46-33-41(28-29-44(42)46)51(38-17-10-7-11-18-38)40-26-22-35(23-27-40)37-25-30-47-45(32-37)49-43-21-14-6-9-16-36(43)24-31-48(49)52(47)39-19-12-8-13-20-39/h5,7-33H,6H2,1-4H3/b15-5-. The minimum Gasteiger partial charge on any atom is -0.310 e. The van der Waals surface area contributed by atoms with Crippen LogP contribution in [0.15, 0.2) is 163 Å². The molecule has 2 nitrogen and oxygen atoms in total. The summed E-state index contributed by atoms with van der Waals surface area (Å²) in [6.45, 7) is 9.08. The highest BCUT2D eigenvalue weighted by molar-refractivity contribution is 6.15. The zero-order valence-corrected chi connectivity index (χ0v) is 30.3. The number of hydrogen-bond donors (Lipinski definition) is 0. The average Bonchev–Trinajstić information content (AvgIpc) is 3.45. The molecule has 9 rings (SSSR count). The number of allylic oxidation sites excluding steroid dienone is 6. The molecule has 2 aliphatic rings. The second-order valence-corrected chi connectivity index (χ2v) is 14.5. The van der Waals surface area contributed by atoms with Gasteiger partial charge < -0.3 is 9.47 Å². The third-order valence-corrected chi connectivity index (χ3v) is 11.2. The summed E-state index contributed by atoms with van der Waals surface area (Å²) in [4.78, 5) is 2.38. The number of para-hydroxylation sites is 2. The zero-order valence-electron chi connectivity index (χ0n) is 30.3. The van der Waals surface area contributed by atoms with Crippen molar-refractivity contribution < 1.29 is 0 Å². The second kappa shape index (κ2) is 12.6. The first-order valence-electron chi connectivity index (χ1n) is 18.4. The molecule has 252 valence electrons. The number of anilines is 3. The lowest BCUT2D eigenvalue weighted by atomic mass is 9.82. The summed E-state index contributed by atoms with van der Waals surface area (Å²) in [6, 6.07) is 49.1. The second-order valence-electron chi connectivity index (χ2n) is 14.5. The van der Waals surface area contributed by atoms with E-state index in [1.54, 1.807) is 0 Å². The molecule has 0 atom stereocenters. The molecule has 0 spiro atoms. The van der Waals surface area contributed by atoms with Crippen molar-refractivity contribution in [2.24, 2.45) is 0 Å². The van der Waals surface area contributed by atoms with E-state index in [4.69, 9.17) is 0 Å². The largest absolute Gasteiger partial charge is 0.310 e. The Hall–Kier alpha value is -6.12. The summed E-state index contributed by atoms with van der Waals surface area (Å²) >= 11 is 0. The van der Waals surface area contributed by atoms with Crippen molar-refractivity contribution in [1.29, 1.82) is 0 Å². The fourth-order valence-electron chi connectivity index (χ4n) is 8.35. The predicted molar refractivity (Wildman–Crippen MR) is 224 cm³/mol. The van der Waals surface area contributed by atoms with Crippen LogP contribution < -0.4 is 4.90 Å². The van der Waals surface area contributed by atoms with E-state index in [1.807, 2.05) is 0 Å². The maximum atomic E-state index is 2.41. The monoisotopic (exact) mass is 670 g/mol. The van der Waals surface area contributed by atoms with Crippen molar-refractivity contribution >= 4 is 56.6 Å².